The summed E-state index contributed by atoms with van der Waals surface area (Å²) in [5.74, 6) is 0. The number of hydrogen-bond acceptors (Lipinski definition) is 2. The van der Waals surface area contributed by atoms with E-state index >= 15 is 0 Å². The van der Waals surface area contributed by atoms with E-state index in [4.69, 9.17) is 0 Å². The molecule has 0 aliphatic heterocycles. The predicted molar refractivity (Wildman–Crippen MR) is 66.2 cm³/mol. The maximum absolute atomic E-state index is 4.39. The number of rotatable bonds is 3. The molecule has 0 unspecified atom stereocenters. The summed E-state index contributed by atoms with van der Waals surface area (Å²) in [5.41, 5.74) is 4.52. The van der Waals surface area contributed by atoms with Crippen LogP contribution in [-0.2, 0) is 12.8 Å². The topological polar surface area (TPSA) is 25.8 Å². The van der Waals surface area contributed by atoms with Crippen LogP contribution in [0.5, 0.6) is 0 Å². The Morgan fingerprint density at radius 2 is 1.19 bits per heavy atom. The molecule has 0 radical (unpaired) electrons. The van der Waals surface area contributed by atoms with Gasteiger partial charge in [0.05, 0.1) is 0 Å². The fourth-order valence-electron chi connectivity index (χ4n) is 1.61. The van der Waals surface area contributed by atoms with Crippen LogP contribution < -0.4 is 0 Å². The Morgan fingerprint density at radius 1 is 0.750 bits per heavy atom. The third kappa shape index (κ3) is 2.27. The third-order valence-corrected chi connectivity index (χ3v) is 2.71. The second kappa shape index (κ2) is 4.88. The van der Waals surface area contributed by atoms with E-state index in [9.17, 15) is 0 Å². The molecule has 0 spiro atoms. The molecule has 0 saturated carbocycles. The number of pyridine rings is 2. The van der Waals surface area contributed by atoms with E-state index in [1.54, 1.807) is 0 Å². The lowest BCUT2D eigenvalue weighted by Crippen LogP contribution is -1.89. The SMILES string of the molecule is CCc1ccc(-c2ccc(CC)nc2)cn1. The van der Waals surface area contributed by atoms with Crippen molar-refractivity contribution >= 4 is 0 Å². The van der Waals surface area contributed by atoms with Crippen molar-refractivity contribution in [1.29, 1.82) is 0 Å². The lowest BCUT2D eigenvalue weighted by molar-refractivity contribution is 1.03. The monoisotopic (exact) mass is 212 g/mol. The molecule has 0 N–H and O–H groups in total. The van der Waals surface area contributed by atoms with Gasteiger partial charge in [-0.25, -0.2) is 0 Å². The molecule has 16 heavy (non-hydrogen) atoms. The van der Waals surface area contributed by atoms with Crippen LogP contribution in [0, 0.1) is 0 Å². The third-order valence-electron chi connectivity index (χ3n) is 2.71. The first-order chi connectivity index (χ1) is 7.83. The number of aryl methyl sites for hydroxylation is 2. The van der Waals surface area contributed by atoms with E-state index < -0.39 is 0 Å². The van der Waals surface area contributed by atoms with E-state index in [-0.39, 0.29) is 0 Å². The van der Waals surface area contributed by atoms with Crippen molar-refractivity contribution in [2.24, 2.45) is 0 Å². The minimum Gasteiger partial charge on any atom is -0.261 e. The van der Waals surface area contributed by atoms with Gasteiger partial charge in [0.2, 0.25) is 0 Å². The van der Waals surface area contributed by atoms with E-state index in [1.165, 1.54) is 0 Å². The zero-order chi connectivity index (χ0) is 11.4. The molecule has 2 aromatic rings. The van der Waals surface area contributed by atoms with Gasteiger partial charge in [-0.2, -0.15) is 0 Å². The van der Waals surface area contributed by atoms with Crippen molar-refractivity contribution in [2.75, 3.05) is 0 Å². The zero-order valence-electron chi connectivity index (χ0n) is 9.77. The fraction of sp³-hybridized carbons (Fsp3) is 0.286. The minimum absolute atomic E-state index is 0.979. The fourth-order valence-corrected chi connectivity index (χ4v) is 1.61. The van der Waals surface area contributed by atoms with Crippen molar-refractivity contribution < 1.29 is 0 Å². The van der Waals surface area contributed by atoms with Gasteiger partial charge in [0, 0.05) is 34.9 Å². The normalized spacial score (nSPS) is 10.4. The van der Waals surface area contributed by atoms with Gasteiger partial charge < -0.3 is 0 Å². The Hall–Kier alpha value is -1.70. The average Bonchev–Trinajstić information content (AvgIpc) is 2.39. The molecule has 0 aliphatic rings. The summed E-state index contributed by atoms with van der Waals surface area (Å²) in [7, 11) is 0. The van der Waals surface area contributed by atoms with Crippen molar-refractivity contribution in [3.63, 3.8) is 0 Å². The van der Waals surface area contributed by atoms with Crippen LogP contribution in [-0.4, -0.2) is 9.97 Å². The van der Waals surface area contributed by atoms with Gasteiger partial charge in [-0.15, -0.1) is 0 Å². The molecule has 2 rings (SSSR count). The van der Waals surface area contributed by atoms with E-state index in [2.05, 4.69) is 48.1 Å². The molecule has 0 saturated heterocycles. The molecule has 82 valence electrons. The van der Waals surface area contributed by atoms with Gasteiger partial charge in [-0.1, -0.05) is 26.0 Å². The summed E-state index contributed by atoms with van der Waals surface area (Å²) < 4.78 is 0. The molecule has 2 aromatic heterocycles. The quantitative estimate of drug-likeness (QED) is 0.780. The van der Waals surface area contributed by atoms with Gasteiger partial charge in [-0.05, 0) is 25.0 Å². The summed E-state index contributed by atoms with van der Waals surface area (Å²) in [5, 5.41) is 0. The molecule has 0 fully saturated rings. The average molecular weight is 212 g/mol. The summed E-state index contributed by atoms with van der Waals surface area (Å²) in [6.07, 6.45) is 5.80. The molecule has 2 heterocycles. The van der Waals surface area contributed by atoms with Gasteiger partial charge >= 0.3 is 0 Å². The van der Waals surface area contributed by atoms with Crippen molar-refractivity contribution in [1.82, 2.24) is 9.97 Å². The van der Waals surface area contributed by atoms with Gasteiger partial charge in [0.1, 0.15) is 0 Å². The van der Waals surface area contributed by atoms with Crippen molar-refractivity contribution in [3.8, 4) is 11.1 Å². The lowest BCUT2D eigenvalue weighted by Gasteiger charge is -2.03. The highest BCUT2D eigenvalue weighted by Gasteiger charge is 1.99. The van der Waals surface area contributed by atoms with Gasteiger partial charge in [0.25, 0.3) is 0 Å². The molecule has 2 nitrogen and oxygen atoms in total. The smallest absolute Gasteiger partial charge is 0.0401 e. The molecule has 0 aromatic carbocycles. The first kappa shape index (κ1) is 10.8. The maximum Gasteiger partial charge on any atom is 0.0401 e. The summed E-state index contributed by atoms with van der Waals surface area (Å²) in [4.78, 5) is 8.78. The molecular weight excluding hydrogens is 196 g/mol. The first-order valence-electron chi connectivity index (χ1n) is 5.73. The van der Waals surface area contributed by atoms with Crippen LogP contribution in [0.25, 0.3) is 11.1 Å². The van der Waals surface area contributed by atoms with Crippen LogP contribution in [0.4, 0.5) is 0 Å². The Balaban J connectivity index is 2.28. The van der Waals surface area contributed by atoms with Crippen molar-refractivity contribution in [3.05, 3.63) is 48.0 Å². The van der Waals surface area contributed by atoms with Crippen LogP contribution in [0.15, 0.2) is 36.7 Å². The Kier molecular flexibility index (Phi) is 3.30. The number of aromatic nitrogens is 2. The minimum atomic E-state index is 0.979. The molecule has 0 bridgehead atoms. The van der Waals surface area contributed by atoms with E-state index in [0.29, 0.717) is 0 Å². The second-order valence-electron chi connectivity index (χ2n) is 3.78. The van der Waals surface area contributed by atoms with Crippen LogP contribution in [0.1, 0.15) is 25.2 Å². The predicted octanol–water partition coefficient (Wildman–Crippen LogP) is 3.27. The zero-order valence-corrected chi connectivity index (χ0v) is 9.77. The Labute approximate surface area is 96.4 Å². The largest absolute Gasteiger partial charge is 0.261 e. The molecule has 2 heteroatoms. The summed E-state index contributed by atoms with van der Waals surface area (Å²) >= 11 is 0. The first-order valence-corrected chi connectivity index (χ1v) is 5.73. The second-order valence-corrected chi connectivity index (χ2v) is 3.78. The standard InChI is InChI=1S/C14H16N2/c1-3-13-7-5-11(9-15-13)12-6-8-14(4-2)16-10-12/h5-10H,3-4H2,1-2H3. The lowest BCUT2D eigenvalue weighted by atomic mass is 10.1. The number of nitrogens with zero attached hydrogens (tertiary/aromatic N) is 2. The van der Waals surface area contributed by atoms with E-state index in [0.717, 1.165) is 35.4 Å². The molecule has 0 aliphatic carbocycles. The highest BCUT2D eigenvalue weighted by Crippen LogP contribution is 2.17. The summed E-state index contributed by atoms with van der Waals surface area (Å²) in [6.45, 7) is 4.22. The maximum atomic E-state index is 4.39. The van der Waals surface area contributed by atoms with Gasteiger partial charge in [0.15, 0.2) is 0 Å². The molecular formula is C14H16N2. The van der Waals surface area contributed by atoms with Crippen LogP contribution >= 0.6 is 0 Å². The summed E-state index contributed by atoms with van der Waals surface area (Å²) in [6, 6.07) is 8.36. The van der Waals surface area contributed by atoms with Crippen molar-refractivity contribution in [2.45, 2.75) is 26.7 Å². The number of hydrogen-bond donors (Lipinski definition) is 0. The highest BCUT2D eigenvalue weighted by molar-refractivity contribution is 5.61. The van der Waals surface area contributed by atoms with E-state index in [1.807, 2.05) is 12.4 Å². The Bertz CT molecular complexity index is 398. The Morgan fingerprint density at radius 3 is 1.44 bits per heavy atom. The highest BCUT2D eigenvalue weighted by atomic mass is 14.7. The molecule has 0 atom stereocenters. The van der Waals surface area contributed by atoms with Gasteiger partial charge in [-0.3, -0.25) is 9.97 Å². The van der Waals surface area contributed by atoms with Crippen LogP contribution in [0.2, 0.25) is 0 Å². The van der Waals surface area contributed by atoms with Crippen LogP contribution in [0.3, 0.4) is 0 Å². The molecule has 0 amide bonds.